The largest absolute Gasteiger partial charge is 0.497 e. The minimum Gasteiger partial charge on any atom is -0.497 e. The molecular formula is C32H38N2O3S. The molecule has 1 saturated carbocycles. The zero-order valence-electron chi connectivity index (χ0n) is 22.2. The van der Waals surface area contributed by atoms with Crippen molar-refractivity contribution < 1.29 is 14.3 Å². The van der Waals surface area contributed by atoms with E-state index >= 15 is 0 Å². The van der Waals surface area contributed by atoms with Crippen LogP contribution in [-0.4, -0.2) is 41.7 Å². The maximum Gasteiger partial charge on any atom is 0.243 e. The van der Waals surface area contributed by atoms with Gasteiger partial charge in [-0.25, -0.2) is 0 Å². The molecule has 38 heavy (non-hydrogen) atoms. The Morgan fingerprint density at radius 3 is 2.13 bits per heavy atom. The monoisotopic (exact) mass is 530 g/mol. The van der Waals surface area contributed by atoms with Crippen LogP contribution in [0.25, 0.3) is 0 Å². The first-order chi connectivity index (χ1) is 18.6. The van der Waals surface area contributed by atoms with Gasteiger partial charge in [-0.15, -0.1) is 11.8 Å². The lowest BCUT2D eigenvalue weighted by atomic mass is 9.94. The summed E-state index contributed by atoms with van der Waals surface area (Å²) >= 11 is 1.57. The van der Waals surface area contributed by atoms with Gasteiger partial charge in [0, 0.05) is 24.8 Å². The molecule has 4 rings (SSSR count). The molecule has 200 valence electrons. The van der Waals surface area contributed by atoms with E-state index in [1.165, 1.54) is 6.42 Å². The van der Waals surface area contributed by atoms with Gasteiger partial charge in [0.1, 0.15) is 11.8 Å². The van der Waals surface area contributed by atoms with Crippen molar-refractivity contribution in [3.05, 3.63) is 102 Å². The second kappa shape index (κ2) is 14.6. The molecule has 5 nitrogen and oxygen atoms in total. The number of amides is 2. The molecule has 1 atom stereocenters. The van der Waals surface area contributed by atoms with Crippen LogP contribution >= 0.6 is 11.8 Å². The topological polar surface area (TPSA) is 58.6 Å². The summed E-state index contributed by atoms with van der Waals surface area (Å²) in [5.74, 6) is 1.77. The van der Waals surface area contributed by atoms with Gasteiger partial charge in [-0.1, -0.05) is 92.1 Å². The van der Waals surface area contributed by atoms with Gasteiger partial charge in [0.2, 0.25) is 11.8 Å². The molecule has 2 amide bonds. The van der Waals surface area contributed by atoms with Crippen molar-refractivity contribution in [2.24, 2.45) is 0 Å². The number of carbonyl (C=O) groups excluding carboxylic acids is 2. The summed E-state index contributed by atoms with van der Waals surface area (Å²) in [6.45, 7) is 0.401. The average Bonchev–Trinajstić information content (AvgIpc) is 2.97. The summed E-state index contributed by atoms with van der Waals surface area (Å²) in [6, 6.07) is 27.5. The van der Waals surface area contributed by atoms with Crippen LogP contribution in [-0.2, 0) is 28.3 Å². The molecule has 1 fully saturated rings. The van der Waals surface area contributed by atoms with Gasteiger partial charge in [0.15, 0.2) is 0 Å². The molecule has 0 aliphatic heterocycles. The van der Waals surface area contributed by atoms with Crippen LogP contribution in [0, 0.1) is 0 Å². The number of hydrogen-bond donors (Lipinski definition) is 1. The van der Waals surface area contributed by atoms with E-state index in [9.17, 15) is 9.59 Å². The van der Waals surface area contributed by atoms with Crippen LogP contribution in [0.15, 0.2) is 84.9 Å². The Kier molecular flexibility index (Phi) is 10.7. The fourth-order valence-corrected chi connectivity index (χ4v) is 5.81. The zero-order chi connectivity index (χ0) is 26.6. The lowest BCUT2D eigenvalue weighted by molar-refractivity contribution is -0.139. The van der Waals surface area contributed by atoms with Crippen LogP contribution in [0.1, 0.15) is 48.8 Å². The smallest absolute Gasteiger partial charge is 0.243 e. The molecule has 3 aromatic carbocycles. The van der Waals surface area contributed by atoms with Crippen molar-refractivity contribution in [3.8, 4) is 5.75 Å². The molecule has 1 aliphatic rings. The highest BCUT2D eigenvalue weighted by Gasteiger charge is 2.31. The number of rotatable bonds is 12. The Morgan fingerprint density at radius 2 is 1.50 bits per heavy atom. The summed E-state index contributed by atoms with van der Waals surface area (Å²) in [5, 5.41) is 3.30. The molecule has 0 saturated heterocycles. The highest BCUT2D eigenvalue weighted by atomic mass is 32.2. The quantitative estimate of drug-likeness (QED) is 0.311. The predicted octanol–water partition coefficient (Wildman–Crippen LogP) is 6.02. The van der Waals surface area contributed by atoms with E-state index < -0.39 is 6.04 Å². The first-order valence-electron chi connectivity index (χ1n) is 13.5. The fraction of sp³-hybridized carbons (Fsp3) is 0.375. The van der Waals surface area contributed by atoms with Crippen molar-refractivity contribution in [1.29, 1.82) is 0 Å². The Morgan fingerprint density at radius 1 is 0.868 bits per heavy atom. The molecule has 1 N–H and O–H groups in total. The van der Waals surface area contributed by atoms with Gasteiger partial charge in [-0.05, 0) is 41.7 Å². The normalized spacial score (nSPS) is 14.4. The number of methoxy groups -OCH3 is 1. The maximum absolute atomic E-state index is 13.8. The lowest BCUT2D eigenvalue weighted by Gasteiger charge is -2.33. The van der Waals surface area contributed by atoms with E-state index in [4.69, 9.17) is 4.74 Å². The van der Waals surface area contributed by atoms with Gasteiger partial charge < -0.3 is 15.0 Å². The first-order valence-corrected chi connectivity index (χ1v) is 14.7. The Bertz CT molecular complexity index is 1130. The molecule has 0 spiro atoms. The predicted molar refractivity (Wildman–Crippen MR) is 155 cm³/mol. The van der Waals surface area contributed by atoms with E-state index in [0.717, 1.165) is 48.1 Å². The van der Waals surface area contributed by atoms with Crippen LogP contribution in [0.4, 0.5) is 0 Å². The summed E-state index contributed by atoms with van der Waals surface area (Å²) < 4.78 is 5.25. The van der Waals surface area contributed by atoms with Gasteiger partial charge in [-0.2, -0.15) is 0 Å². The third kappa shape index (κ3) is 8.38. The van der Waals surface area contributed by atoms with Crippen molar-refractivity contribution in [2.75, 3.05) is 12.9 Å². The Hall–Kier alpha value is -3.25. The maximum atomic E-state index is 13.8. The number of thioether (sulfide) groups is 1. The van der Waals surface area contributed by atoms with Crippen LogP contribution in [0.5, 0.6) is 5.75 Å². The van der Waals surface area contributed by atoms with E-state index in [2.05, 4.69) is 5.32 Å². The van der Waals surface area contributed by atoms with Gasteiger partial charge in [0.05, 0.1) is 12.9 Å². The average molecular weight is 531 g/mol. The number of nitrogens with zero attached hydrogens (tertiary/aromatic N) is 1. The molecule has 1 aliphatic carbocycles. The van der Waals surface area contributed by atoms with Crippen LogP contribution in [0.2, 0.25) is 0 Å². The van der Waals surface area contributed by atoms with Crippen molar-refractivity contribution in [1.82, 2.24) is 10.2 Å². The molecule has 0 aromatic heterocycles. The lowest BCUT2D eigenvalue weighted by Crippen LogP contribution is -2.53. The summed E-state index contributed by atoms with van der Waals surface area (Å²) in [7, 11) is 1.65. The van der Waals surface area contributed by atoms with E-state index in [0.29, 0.717) is 24.5 Å². The molecule has 0 unspecified atom stereocenters. The summed E-state index contributed by atoms with van der Waals surface area (Å²) in [6.07, 6.45) is 6.01. The van der Waals surface area contributed by atoms with Crippen molar-refractivity contribution in [2.45, 2.75) is 62.9 Å². The minimum atomic E-state index is -0.575. The summed E-state index contributed by atoms with van der Waals surface area (Å²) in [4.78, 5) is 29.3. The SMILES string of the molecule is COc1ccc(CSCC(=O)N(Cc2ccccc2)[C@@H](Cc2ccccc2)C(=O)NC2CCCCC2)cc1. The van der Waals surface area contributed by atoms with Crippen molar-refractivity contribution in [3.63, 3.8) is 0 Å². The van der Waals surface area contributed by atoms with Gasteiger partial charge in [-0.3, -0.25) is 9.59 Å². The third-order valence-electron chi connectivity index (χ3n) is 7.07. The molecule has 0 radical (unpaired) electrons. The number of carbonyl (C=O) groups is 2. The molecule has 0 bridgehead atoms. The van der Waals surface area contributed by atoms with Crippen LogP contribution in [0.3, 0.4) is 0 Å². The Balaban J connectivity index is 1.52. The number of hydrogen-bond acceptors (Lipinski definition) is 4. The zero-order valence-corrected chi connectivity index (χ0v) is 23.0. The minimum absolute atomic E-state index is 0.0212. The van der Waals surface area contributed by atoms with Gasteiger partial charge >= 0.3 is 0 Å². The number of benzene rings is 3. The van der Waals surface area contributed by atoms with Gasteiger partial charge in [0.25, 0.3) is 0 Å². The molecule has 3 aromatic rings. The van der Waals surface area contributed by atoms with Crippen LogP contribution < -0.4 is 10.1 Å². The highest BCUT2D eigenvalue weighted by molar-refractivity contribution is 7.99. The third-order valence-corrected chi connectivity index (χ3v) is 8.06. The Labute approximate surface area is 231 Å². The fourth-order valence-electron chi connectivity index (χ4n) is 4.94. The number of ether oxygens (including phenoxy) is 1. The number of nitrogens with one attached hydrogen (secondary N) is 1. The standard InChI is InChI=1S/C32H38N2O3S/c1-37-29-19-17-27(18-20-29)23-38-24-31(35)34(22-26-13-7-3-8-14-26)30(21-25-11-5-2-6-12-25)32(36)33-28-15-9-4-10-16-28/h2-3,5-8,11-14,17-20,28,30H,4,9-10,15-16,21-24H2,1H3,(H,33,36)/t30-/m0/s1. The van der Waals surface area contributed by atoms with E-state index in [-0.39, 0.29) is 17.9 Å². The van der Waals surface area contributed by atoms with Crippen molar-refractivity contribution >= 4 is 23.6 Å². The molecular weight excluding hydrogens is 492 g/mol. The first kappa shape index (κ1) is 27.8. The molecule has 6 heteroatoms. The second-order valence-electron chi connectivity index (χ2n) is 9.90. The van der Waals surface area contributed by atoms with E-state index in [1.54, 1.807) is 23.8 Å². The molecule has 0 heterocycles. The summed E-state index contributed by atoms with van der Waals surface area (Å²) in [5.41, 5.74) is 3.20. The highest BCUT2D eigenvalue weighted by Crippen LogP contribution is 2.22. The van der Waals surface area contributed by atoms with E-state index in [1.807, 2.05) is 84.9 Å². The second-order valence-corrected chi connectivity index (χ2v) is 10.9.